The van der Waals surface area contributed by atoms with Gasteiger partial charge in [0.15, 0.2) is 0 Å². The minimum atomic E-state index is -0.344. The highest BCUT2D eigenvalue weighted by atomic mass is 17.2. The largest absolute Gasteiger partial charge is 0.462 e. The Morgan fingerprint density at radius 3 is 1.18 bits per heavy atom. The van der Waals surface area contributed by atoms with E-state index in [1.165, 1.54) is 12.8 Å². The first-order valence-corrected chi connectivity index (χ1v) is 22.2. The van der Waals surface area contributed by atoms with Gasteiger partial charge in [-0.2, -0.15) is 15.0 Å². The van der Waals surface area contributed by atoms with Crippen LogP contribution in [0, 0.1) is 17.8 Å². The molecule has 0 aliphatic carbocycles. The van der Waals surface area contributed by atoms with Crippen LogP contribution in [-0.2, 0) is 25.9 Å². The number of hydrogen-bond donors (Lipinski definition) is 3. The molecule has 12 heteroatoms. The number of nitrogens with one attached hydrogen (secondary N) is 3. The summed E-state index contributed by atoms with van der Waals surface area (Å²) < 4.78 is 11.3. The van der Waals surface area contributed by atoms with E-state index in [-0.39, 0.29) is 23.8 Å². The SMILES string of the molecule is CCCCC(CC)COOCc1ccc(Nc2nc(Nc3ccc(C(=O)OCC(CC)CCCC)cc3)nc(Nc3ccc(C(=O)OCC(CC)CCCC)cc3)n2)cc1. The summed E-state index contributed by atoms with van der Waals surface area (Å²) in [6.07, 6.45) is 13.1. The van der Waals surface area contributed by atoms with E-state index in [0.717, 1.165) is 75.5 Å². The molecule has 4 rings (SSSR count). The number of hydrogen-bond acceptors (Lipinski definition) is 12. The van der Waals surface area contributed by atoms with E-state index in [4.69, 9.17) is 19.2 Å². The average Bonchev–Trinajstić information content (AvgIpc) is 3.27. The van der Waals surface area contributed by atoms with Crippen molar-refractivity contribution in [1.29, 1.82) is 0 Å². The molecule has 0 amide bonds. The zero-order valence-corrected chi connectivity index (χ0v) is 36.8. The predicted octanol–water partition coefficient (Wildman–Crippen LogP) is 12.5. The Balaban J connectivity index is 1.45. The second-order valence-corrected chi connectivity index (χ2v) is 15.5. The maximum absolute atomic E-state index is 12.8. The lowest BCUT2D eigenvalue weighted by Gasteiger charge is -2.15. The van der Waals surface area contributed by atoms with Crippen LogP contribution in [0.25, 0.3) is 0 Å². The fraction of sp³-hybridized carbons (Fsp3) is 0.521. The number of unbranched alkanes of at least 4 members (excludes halogenated alkanes) is 3. The van der Waals surface area contributed by atoms with Gasteiger partial charge in [0.25, 0.3) is 0 Å². The Bertz CT molecular complexity index is 1730. The molecule has 3 aromatic carbocycles. The molecule has 0 bridgehead atoms. The lowest BCUT2D eigenvalue weighted by atomic mass is 10.0. The molecule has 3 atom stereocenters. The van der Waals surface area contributed by atoms with Crippen molar-refractivity contribution in [3.8, 4) is 0 Å². The van der Waals surface area contributed by atoms with Gasteiger partial charge in [0.05, 0.1) is 30.9 Å². The van der Waals surface area contributed by atoms with E-state index in [9.17, 15) is 9.59 Å². The fourth-order valence-electron chi connectivity index (χ4n) is 6.50. The van der Waals surface area contributed by atoms with Crippen molar-refractivity contribution in [2.24, 2.45) is 17.8 Å². The molecular weight excluding hydrogens is 757 g/mol. The van der Waals surface area contributed by atoms with Crippen LogP contribution in [0.1, 0.15) is 145 Å². The Morgan fingerprint density at radius 1 is 0.483 bits per heavy atom. The third-order valence-corrected chi connectivity index (χ3v) is 10.7. The molecule has 3 unspecified atom stereocenters. The van der Waals surface area contributed by atoms with E-state index in [1.54, 1.807) is 48.5 Å². The van der Waals surface area contributed by atoms with Crippen molar-refractivity contribution in [1.82, 2.24) is 15.0 Å². The van der Waals surface area contributed by atoms with Crippen molar-refractivity contribution in [2.45, 2.75) is 125 Å². The molecule has 0 fully saturated rings. The predicted molar refractivity (Wildman–Crippen MR) is 240 cm³/mol. The van der Waals surface area contributed by atoms with E-state index in [0.29, 0.717) is 72.6 Å². The molecule has 1 heterocycles. The lowest BCUT2D eigenvalue weighted by molar-refractivity contribution is -0.310. The molecule has 0 aliphatic heterocycles. The normalized spacial score (nSPS) is 12.6. The van der Waals surface area contributed by atoms with Crippen molar-refractivity contribution in [3.63, 3.8) is 0 Å². The van der Waals surface area contributed by atoms with Crippen molar-refractivity contribution < 1.29 is 28.8 Å². The zero-order valence-electron chi connectivity index (χ0n) is 36.8. The molecule has 3 N–H and O–H groups in total. The number of nitrogens with zero attached hydrogens (tertiary/aromatic N) is 3. The Hall–Kier alpha value is -5.07. The van der Waals surface area contributed by atoms with Gasteiger partial charge in [-0.25, -0.2) is 19.4 Å². The summed E-state index contributed by atoms with van der Waals surface area (Å²) in [5.74, 6) is 1.37. The van der Waals surface area contributed by atoms with Crippen LogP contribution in [0.3, 0.4) is 0 Å². The van der Waals surface area contributed by atoms with Crippen molar-refractivity contribution >= 4 is 46.8 Å². The molecule has 0 radical (unpaired) electrons. The van der Waals surface area contributed by atoms with Gasteiger partial charge in [-0.3, -0.25) is 0 Å². The van der Waals surface area contributed by atoms with Gasteiger partial charge in [-0.1, -0.05) is 111 Å². The molecule has 0 aliphatic rings. The second-order valence-electron chi connectivity index (χ2n) is 15.5. The summed E-state index contributed by atoms with van der Waals surface area (Å²) in [5, 5.41) is 9.77. The molecule has 0 spiro atoms. The van der Waals surface area contributed by atoms with E-state index in [2.05, 4.69) is 72.4 Å². The van der Waals surface area contributed by atoms with Gasteiger partial charge in [-0.05, 0) is 103 Å². The first-order valence-electron chi connectivity index (χ1n) is 22.2. The minimum absolute atomic E-state index is 0.271. The van der Waals surface area contributed by atoms with Crippen LogP contribution in [-0.4, -0.2) is 46.7 Å². The second kappa shape index (κ2) is 26.9. The van der Waals surface area contributed by atoms with Crippen LogP contribution in [0.4, 0.5) is 34.9 Å². The fourth-order valence-corrected chi connectivity index (χ4v) is 6.50. The Labute approximate surface area is 357 Å². The number of rotatable bonds is 29. The number of ether oxygens (including phenoxy) is 2. The van der Waals surface area contributed by atoms with Gasteiger partial charge in [0.1, 0.15) is 6.61 Å². The standard InChI is InChI=1S/C48H68N6O6/c1-7-13-16-35(10-4)31-57-44(55)39-21-27-42(28-22-39)50-47-52-46(49-41-25-19-38(20-26-41)34-60-59-33-37(12-6)18-15-9-3)53-48(54-47)51-43-29-23-40(24-30-43)45(56)58-32-36(11-5)17-14-8-2/h19-30,35-37H,7-18,31-34H2,1-6H3,(H3,49,50,51,52,53,54). The molecule has 0 saturated carbocycles. The smallest absolute Gasteiger partial charge is 0.338 e. The van der Waals surface area contributed by atoms with Crippen LogP contribution < -0.4 is 16.0 Å². The first-order chi connectivity index (χ1) is 29.3. The van der Waals surface area contributed by atoms with Crippen LogP contribution in [0.5, 0.6) is 0 Å². The highest BCUT2D eigenvalue weighted by Gasteiger charge is 2.15. The summed E-state index contributed by atoms with van der Waals surface area (Å²) >= 11 is 0. The molecular formula is C48H68N6O6. The number of benzene rings is 3. The minimum Gasteiger partial charge on any atom is -0.462 e. The number of aromatic nitrogens is 3. The summed E-state index contributed by atoms with van der Waals surface area (Å²) in [7, 11) is 0. The third-order valence-electron chi connectivity index (χ3n) is 10.7. The van der Waals surface area contributed by atoms with Gasteiger partial charge in [0, 0.05) is 17.1 Å². The van der Waals surface area contributed by atoms with E-state index in [1.807, 2.05) is 24.3 Å². The molecule has 4 aromatic rings. The summed E-state index contributed by atoms with van der Waals surface area (Å²) in [6.45, 7) is 14.7. The number of carbonyl (C=O) groups excluding carboxylic acids is 2. The van der Waals surface area contributed by atoms with Crippen LogP contribution in [0.2, 0.25) is 0 Å². The zero-order chi connectivity index (χ0) is 43.0. The summed E-state index contributed by atoms with van der Waals surface area (Å²) in [5.41, 5.74) is 4.02. The van der Waals surface area contributed by atoms with Crippen LogP contribution >= 0.6 is 0 Å². The lowest BCUT2D eigenvalue weighted by Crippen LogP contribution is -2.14. The number of anilines is 6. The third kappa shape index (κ3) is 16.9. The van der Waals surface area contributed by atoms with Gasteiger partial charge in [0.2, 0.25) is 17.8 Å². The van der Waals surface area contributed by atoms with Gasteiger partial charge >= 0.3 is 11.9 Å². The van der Waals surface area contributed by atoms with E-state index >= 15 is 0 Å². The first kappa shape index (κ1) is 47.6. The Kier molecular flexibility index (Phi) is 21.4. The van der Waals surface area contributed by atoms with Gasteiger partial charge < -0.3 is 25.4 Å². The highest BCUT2D eigenvalue weighted by Crippen LogP contribution is 2.24. The molecule has 12 nitrogen and oxygen atoms in total. The topological polar surface area (TPSA) is 146 Å². The molecule has 0 saturated heterocycles. The molecule has 326 valence electrons. The molecule has 1 aromatic heterocycles. The Morgan fingerprint density at radius 2 is 0.833 bits per heavy atom. The van der Waals surface area contributed by atoms with Crippen molar-refractivity contribution in [3.05, 3.63) is 89.5 Å². The van der Waals surface area contributed by atoms with E-state index < -0.39 is 0 Å². The monoisotopic (exact) mass is 825 g/mol. The average molecular weight is 825 g/mol. The summed E-state index contributed by atoms with van der Waals surface area (Å²) in [4.78, 5) is 50.7. The number of carbonyl (C=O) groups is 2. The van der Waals surface area contributed by atoms with Gasteiger partial charge in [-0.15, -0.1) is 0 Å². The van der Waals surface area contributed by atoms with Crippen molar-refractivity contribution in [2.75, 3.05) is 35.8 Å². The van der Waals surface area contributed by atoms with Crippen LogP contribution in [0.15, 0.2) is 72.8 Å². The highest BCUT2D eigenvalue weighted by molar-refractivity contribution is 5.90. The quantitative estimate of drug-likeness (QED) is 0.0207. The maximum Gasteiger partial charge on any atom is 0.338 e. The summed E-state index contributed by atoms with van der Waals surface area (Å²) in [6, 6.07) is 21.8. The number of esters is 2. The maximum atomic E-state index is 12.8. The molecule has 60 heavy (non-hydrogen) atoms.